The Morgan fingerprint density at radius 2 is 2.05 bits per heavy atom. The van der Waals surface area contributed by atoms with Crippen LogP contribution in [0.4, 0.5) is 5.69 Å². The molecular formula is C13H18N4O3. The fourth-order valence-corrected chi connectivity index (χ4v) is 2.21. The van der Waals surface area contributed by atoms with Gasteiger partial charge >= 0.3 is 0 Å². The van der Waals surface area contributed by atoms with Gasteiger partial charge in [0.15, 0.2) is 0 Å². The first-order chi connectivity index (χ1) is 9.58. The van der Waals surface area contributed by atoms with Gasteiger partial charge in [0, 0.05) is 50.9 Å². The van der Waals surface area contributed by atoms with Gasteiger partial charge in [-0.3, -0.25) is 14.9 Å². The first-order valence-corrected chi connectivity index (χ1v) is 6.56. The molecule has 108 valence electrons. The molecule has 1 fully saturated rings. The Bertz CT molecular complexity index is 489. The quantitative estimate of drug-likeness (QED) is 0.639. The van der Waals surface area contributed by atoms with Crippen molar-refractivity contribution in [1.29, 1.82) is 0 Å². The molecule has 1 saturated heterocycles. The Morgan fingerprint density at radius 1 is 1.35 bits per heavy atom. The van der Waals surface area contributed by atoms with Crippen LogP contribution in [-0.2, 0) is 0 Å². The number of nitro groups is 1. The van der Waals surface area contributed by atoms with Gasteiger partial charge in [-0.2, -0.15) is 0 Å². The summed E-state index contributed by atoms with van der Waals surface area (Å²) < 4.78 is 0. The summed E-state index contributed by atoms with van der Waals surface area (Å²) in [4.78, 5) is 21.9. The standard InChI is InChI=1S/C13H18N4O3/c1-15-8-2-9-16(15)10-7-14-13(18)11-3-5-12(6-4-11)17(19)20/h3-6H,2,7-10H2,1H3,(H,14,18). The number of hydrogen-bond donors (Lipinski definition) is 1. The molecule has 2 rings (SSSR count). The van der Waals surface area contributed by atoms with Crippen LogP contribution in [0, 0.1) is 10.1 Å². The molecule has 1 aromatic carbocycles. The van der Waals surface area contributed by atoms with E-state index in [0.717, 1.165) is 26.1 Å². The van der Waals surface area contributed by atoms with E-state index < -0.39 is 4.92 Å². The largest absolute Gasteiger partial charge is 0.351 e. The van der Waals surface area contributed by atoms with Gasteiger partial charge in [0.05, 0.1) is 4.92 Å². The average Bonchev–Trinajstić information content (AvgIpc) is 2.84. The van der Waals surface area contributed by atoms with E-state index in [2.05, 4.69) is 15.3 Å². The van der Waals surface area contributed by atoms with E-state index in [0.29, 0.717) is 12.1 Å². The molecule has 0 radical (unpaired) electrons. The van der Waals surface area contributed by atoms with Crippen LogP contribution in [0.15, 0.2) is 24.3 Å². The molecule has 1 amide bonds. The van der Waals surface area contributed by atoms with E-state index in [1.807, 2.05) is 7.05 Å². The molecule has 0 bridgehead atoms. The number of rotatable bonds is 5. The smallest absolute Gasteiger partial charge is 0.269 e. The van der Waals surface area contributed by atoms with Crippen LogP contribution < -0.4 is 5.32 Å². The average molecular weight is 278 g/mol. The molecule has 1 heterocycles. The summed E-state index contributed by atoms with van der Waals surface area (Å²) in [6.07, 6.45) is 1.15. The van der Waals surface area contributed by atoms with E-state index in [1.54, 1.807) is 0 Å². The zero-order valence-electron chi connectivity index (χ0n) is 11.4. The highest BCUT2D eigenvalue weighted by atomic mass is 16.6. The summed E-state index contributed by atoms with van der Waals surface area (Å²) in [5, 5.41) is 17.7. The minimum atomic E-state index is -0.481. The first kappa shape index (κ1) is 14.4. The Kier molecular flexibility index (Phi) is 4.65. The Balaban J connectivity index is 1.81. The van der Waals surface area contributed by atoms with Crippen LogP contribution in [0.25, 0.3) is 0 Å². The summed E-state index contributed by atoms with van der Waals surface area (Å²) >= 11 is 0. The molecular weight excluding hydrogens is 260 g/mol. The molecule has 7 heteroatoms. The number of nitro benzene ring substituents is 1. The summed E-state index contributed by atoms with van der Waals surface area (Å²) in [5.74, 6) is -0.207. The van der Waals surface area contributed by atoms with Crippen LogP contribution in [0.5, 0.6) is 0 Å². The van der Waals surface area contributed by atoms with E-state index in [4.69, 9.17) is 0 Å². The van der Waals surface area contributed by atoms with Gasteiger partial charge in [0.25, 0.3) is 11.6 Å². The third kappa shape index (κ3) is 3.52. The highest BCUT2D eigenvalue weighted by Crippen LogP contribution is 2.11. The van der Waals surface area contributed by atoms with Crippen molar-refractivity contribution in [2.45, 2.75) is 6.42 Å². The topological polar surface area (TPSA) is 78.7 Å². The van der Waals surface area contributed by atoms with Crippen molar-refractivity contribution in [2.24, 2.45) is 0 Å². The molecule has 0 aromatic heterocycles. The zero-order valence-corrected chi connectivity index (χ0v) is 11.4. The molecule has 0 unspecified atom stereocenters. The molecule has 1 aliphatic rings. The predicted molar refractivity (Wildman–Crippen MR) is 74.2 cm³/mol. The summed E-state index contributed by atoms with van der Waals surface area (Å²) in [7, 11) is 2.03. The second-order valence-electron chi connectivity index (χ2n) is 4.75. The number of non-ortho nitro benzene ring substituents is 1. The SMILES string of the molecule is CN1CCCN1CCNC(=O)c1ccc([N+](=O)[O-])cc1. The Morgan fingerprint density at radius 3 is 2.60 bits per heavy atom. The number of nitrogens with zero attached hydrogens (tertiary/aromatic N) is 3. The molecule has 7 nitrogen and oxygen atoms in total. The molecule has 0 spiro atoms. The van der Waals surface area contributed by atoms with Crippen molar-refractivity contribution in [3.63, 3.8) is 0 Å². The lowest BCUT2D eigenvalue weighted by atomic mass is 10.2. The first-order valence-electron chi connectivity index (χ1n) is 6.56. The van der Waals surface area contributed by atoms with E-state index >= 15 is 0 Å². The van der Waals surface area contributed by atoms with Crippen molar-refractivity contribution in [3.8, 4) is 0 Å². The fraction of sp³-hybridized carbons (Fsp3) is 0.462. The van der Waals surface area contributed by atoms with Crippen LogP contribution in [-0.4, -0.2) is 54.1 Å². The second kappa shape index (κ2) is 6.44. The maximum Gasteiger partial charge on any atom is 0.269 e. The second-order valence-corrected chi connectivity index (χ2v) is 4.75. The van der Waals surface area contributed by atoms with Crippen molar-refractivity contribution in [3.05, 3.63) is 39.9 Å². The van der Waals surface area contributed by atoms with Crippen molar-refractivity contribution in [1.82, 2.24) is 15.3 Å². The van der Waals surface area contributed by atoms with Crippen molar-refractivity contribution < 1.29 is 9.72 Å². The van der Waals surface area contributed by atoms with Crippen molar-refractivity contribution in [2.75, 3.05) is 33.2 Å². The van der Waals surface area contributed by atoms with Gasteiger partial charge < -0.3 is 5.32 Å². The normalized spacial score (nSPS) is 16.2. The number of amides is 1. The lowest BCUT2D eigenvalue weighted by Gasteiger charge is -2.23. The van der Waals surface area contributed by atoms with Gasteiger partial charge in [0.2, 0.25) is 0 Å². The number of hydrazine groups is 1. The third-order valence-electron chi connectivity index (χ3n) is 3.38. The maximum absolute atomic E-state index is 11.9. The number of carbonyl (C=O) groups is 1. The third-order valence-corrected chi connectivity index (χ3v) is 3.38. The Labute approximate surface area is 117 Å². The van der Waals surface area contributed by atoms with E-state index in [1.165, 1.54) is 24.3 Å². The van der Waals surface area contributed by atoms with Crippen LogP contribution in [0.3, 0.4) is 0 Å². The molecule has 1 aromatic rings. The molecule has 0 saturated carbocycles. The Hall–Kier alpha value is -1.99. The van der Waals surface area contributed by atoms with Crippen LogP contribution in [0.1, 0.15) is 16.8 Å². The van der Waals surface area contributed by atoms with Gasteiger partial charge in [-0.05, 0) is 18.6 Å². The molecule has 20 heavy (non-hydrogen) atoms. The summed E-state index contributed by atoms with van der Waals surface area (Å²) in [5.41, 5.74) is 0.422. The maximum atomic E-state index is 11.9. The van der Waals surface area contributed by atoms with Gasteiger partial charge in [-0.1, -0.05) is 0 Å². The number of nitrogens with one attached hydrogen (secondary N) is 1. The molecule has 0 atom stereocenters. The van der Waals surface area contributed by atoms with Gasteiger partial charge in [0.1, 0.15) is 0 Å². The minimum absolute atomic E-state index is 0.0137. The number of benzene rings is 1. The molecule has 1 aliphatic heterocycles. The predicted octanol–water partition coefficient (Wildman–Crippen LogP) is 0.877. The molecule has 1 N–H and O–H groups in total. The van der Waals surface area contributed by atoms with Crippen LogP contribution in [0.2, 0.25) is 0 Å². The van der Waals surface area contributed by atoms with E-state index in [9.17, 15) is 14.9 Å². The van der Waals surface area contributed by atoms with E-state index in [-0.39, 0.29) is 11.6 Å². The van der Waals surface area contributed by atoms with Gasteiger partial charge in [-0.15, -0.1) is 0 Å². The monoisotopic (exact) mass is 278 g/mol. The minimum Gasteiger partial charge on any atom is -0.351 e. The number of hydrogen-bond acceptors (Lipinski definition) is 5. The number of carbonyl (C=O) groups excluding carboxylic acids is 1. The highest BCUT2D eigenvalue weighted by molar-refractivity contribution is 5.94. The summed E-state index contributed by atoms with van der Waals surface area (Å²) in [6.45, 7) is 3.40. The van der Waals surface area contributed by atoms with Gasteiger partial charge in [-0.25, -0.2) is 10.0 Å². The van der Waals surface area contributed by atoms with Crippen LogP contribution >= 0.6 is 0 Å². The lowest BCUT2D eigenvalue weighted by Crippen LogP contribution is -2.39. The zero-order chi connectivity index (χ0) is 14.5. The van der Waals surface area contributed by atoms with Crippen molar-refractivity contribution >= 4 is 11.6 Å². The molecule has 0 aliphatic carbocycles. The highest BCUT2D eigenvalue weighted by Gasteiger charge is 2.17. The lowest BCUT2D eigenvalue weighted by molar-refractivity contribution is -0.384. The fourth-order valence-electron chi connectivity index (χ4n) is 2.21. The summed E-state index contributed by atoms with van der Waals surface area (Å²) in [6, 6.07) is 5.61.